The molecule has 8 nitrogen and oxygen atoms in total. The molecule has 0 saturated heterocycles. The molecule has 4 rings (SSSR count). The van der Waals surface area contributed by atoms with E-state index in [1.807, 2.05) is 0 Å². The van der Waals surface area contributed by atoms with E-state index in [2.05, 4.69) is 15.6 Å². The maximum Gasteiger partial charge on any atom is 0.287 e. The first-order valence-corrected chi connectivity index (χ1v) is 11.1. The van der Waals surface area contributed by atoms with Gasteiger partial charge >= 0.3 is 0 Å². The molecule has 2 N–H and O–H groups in total. The van der Waals surface area contributed by atoms with Crippen LogP contribution in [0, 0.1) is 5.82 Å². The fraction of sp³-hybridized carbons (Fsp3) is 0.280. The number of carbonyl (C=O) groups excluding carboxylic acids is 3. The summed E-state index contributed by atoms with van der Waals surface area (Å²) >= 11 is 0. The molecule has 3 aromatic rings. The molecule has 1 atom stereocenters. The molecule has 0 aliphatic heterocycles. The number of benzene rings is 1. The zero-order valence-electron chi connectivity index (χ0n) is 18.4. The molecule has 2 aromatic heterocycles. The Kier molecular flexibility index (Phi) is 7.31. The Hall–Kier alpha value is -4.01. The average Bonchev–Trinajstić information content (AvgIpc) is 3.56. The highest BCUT2D eigenvalue weighted by molar-refractivity contribution is 6.04. The minimum atomic E-state index is -1.18. The third kappa shape index (κ3) is 5.31. The van der Waals surface area contributed by atoms with Crippen LogP contribution in [-0.2, 0) is 9.59 Å². The SMILES string of the molecule is O=C(NCC(=O)N(c1ccccc1F)[C@@H](C(=O)NC1CCCC1)c1cccnc1)c1ccco1. The van der Waals surface area contributed by atoms with E-state index in [1.54, 1.807) is 30.5 Å². The fourth-order valence-corrected chi connectivity index (χ4v) is 4.11. The summed E-state index contributed by atoms with van der Waals surface area (Å²) in [5.74, 6) is -2.33. The number of nitrogens with one attached hydrogen (secondary N) is 2. The number of halogens is 1. The predicted molar refractivity (Wildman–Crippen MR) is 122 cm³/mol. The number of hydrogen-bond donors (Lipinski definition) is 2. The number of amides is 3. The number of anilines is 1. The van der Waals surface area contributed by atoms with E-state index < -0.39 is 36.1 Å². The lowest BCUT2D eigenvalue weighted by Gasteiger charge is -2.32. The van der Waals surface area contributed by atoms with Gasteiger partial charge in [-0.25, -0.2) is 4.39 Å². The molecule has 176 valence electrons. The molecule has 34 heavy (non-hydrogen) atoms. The Balaban J connectivity index is 1.67. The monoisotopic (exact) mass is 464 g/mol. The number of aromatic nitrogens is 1. The Labute approximate surface area is 196 Å². The summed E-state index contributed by atoms with van der Waals surface area (Å²) in [6.45, 7) is -0.471. The second kappa shape index (κ2) is 10.7. The van der Waals surface area contributed by atoms with Gasteiger partial charge in [0.05, 0.1) is 18.5 Å². The van der Waals surface area contributed by atoms with Crippen molar-refractivity contribution in [1.82, 2.24) is 15.6 Å². The lowest BCUT2D eigenvalue weighted by molar-refractivity contribution is -0.126. The van der Waals surface area contributed by atoms with Crippen molar-refractivity contribution in [2.45, 2.75) is 37.8 Å². The standard InChI is InChI=1S/C25H25FN4O4/c26-19-10-3-4-11-20(19)30(22(31)16-28-24(32)21-12-6-14-34-21)23(17-7-5-13-27-15-17)25(33)29-18-8-1-2-9-18/h3-7,10-15,18,23H,1-2,8-9,16H2,(H,28,32)(H,29,33)/t23-/m1/s1. The van der Waals surface area contributed by atoms with E-state index in [4.69, 9.17) is 4.42 Å². The third-order valence-corrected chi connectivity index (χ3v) is 5.73. The minimum absolute atomic E-state index is 0.0112. The van der Waals surface area contributed by atoms with Crippen molar-refractivity contribution >= 4 is 23.4 Å². The number of rotatable bonds is 8. The van der Waals surface area contributed by atoms with Gasteiger partial charge in [-0.1, -0.05) is 31.0 Å². The van der Waals surface area contributed by atoms with Crippen molar-refractivity contribution < 1.29 is 23.2 Å². The van der Waals surface area contributed by atoms with E-state index in [0.29, 0.717) is 5.56 Å². The normalized spacial score (nSPS) is 14.4. The van der Waals surface area contributed by atoms with Crippen molar-refractivity contribution in [3.8, 4) is 0 Å². The molecule has 1 aliphatic carbocycles. The van der Waals surface area contributed by atoms with E-state index >= 15 is 0 Å². The number of pyridine rings is 1. The summed E-state index contributed by atoms with van der Waals surface area (Å²) in [5.41, 5.74) is 0.349. The van der Waals surface area contributed by atoms with Gasteiger partial charge in [0.25, 0.3) is 5.91 Å². The Morgan fingerprint density at radius 2 is 1.88 bits per heavy atom. The molecule has 1 saturated carbocycles. The molecule has 3 amide bonds. The van der Waals surface area contributed by atoms with Crippen LogP contribution in [-0.4, -0.2) is 35.3 Å². The molecule has 0 radical (unpaired) electrons. The van der Waals surface area contributed by atoms with Gasteiger partial charge in [0, 0.05) is 24.0 Å². The van der Waals surface area contributed by atoms with Crippen LogP contribution < -0.4 is 15.5 Å². The lowest BCUT2D eigenvalue weighted by Crippen LogP contribution is -2.49. The van der Waals surface area contributed by atoms with E-state index in [9.17, 15) is 18.8 Å². The number of hydrogen-bond acceptors (Lipinski definition) is 5. The van der Waals surface area contributed by atoms with Gasteiger partial charge in [-0.3, -0.25) is 24.3 Å². The summed E-state index contributed by atoms with van der Waals surface area (Å²) in [7, 11) is 0. The highest BCUT2D eigenvalue weighted by Crippen LogP contribution is 2.30. The molecule has 1 fully saturated rings. The first-order chi connectivity index (χ1) is 16.5. The Morgan fingerprint density at radius 1 is 1.09 bits per heavy atom. The molecule has 1 aliphatic rings. The van der Waals surface area contributed by atoms with E-state index in [-0.39, 0.29) is 17.5 Å². The summed E-state index contributed by atoms with van der Waals surface area (Å²) < 4.78 is 20.0. The van der Waals surface area contributed by atoms with Crippen molar-refractivity contribution in [2.24, 2.45) is 0 Å². The number of furan rings is 1. The molecule has 2 heterocycles. The molecule has 0 bridgehead atoms. The highest BCUT2D eigenvalue weighted by atomic mass is 19.1. The lowest BCUT2D eigenvalue weighted by atomic mass is 10.0. The van der Waals surface area contributed by atoms with Gasteiger partial charge in [-0.15, -0.1) is 0 Å². The first kappa shape index (κ1) is 23.2. The zero-order chi connectivity index (χ0) is 23.9. The van der Waals surface area contributed by atoms with Gasteiger partial charge in [-0.05, 0) is 43.2 Å². The van der Waals surface area contributed by atoms with Crippen LogP contribution in [0.25, 0.3) is 0 Å². The van der Waals surface area contributed by atoms with E-state index in [1.165, 1.54) is 36.7 Å². The summed E-state index contributed by atoms with van der Waals surface area (Å²) in [4.78, 5) is 44.4. The molecule has 9 heteroatoms. The summed E-state index contributed by atoms with van der Waals surface area (Å²) in [6.07, 6.45) is 8.08. The second-order valence-corrected chi connectivity index (χ2v) is 8.05. The minimum Gasteiger partial charge on any atom is -0.459 e. The molecule has 0 spiro atoms. The van der Waals surface area contributed by atoms with Crippen LogP contribution in [0.1, 0.15) is 47.8 Å². The van der Waals surface area contributed by atoms with Gasteiger partial charge < -0.3 is 15.1 Å². The topological polar surface area (TPSA) is 105 Å². The van der Waals surface area contributed by atoms with Gasteiger partial charge in [0.1, 0.15) is 11.9 Å². The third-order valence-electron chi connectivity index (χ3n) is 5.73. The van der Waals surface area contributed by atoms with Crippen LogP contribution in [0.4, 0.5) is 10.1 Å². The Bertz CT molecular complexity index is 1130. The zero-order valence-corrected chi connectivity index (χ0v) is 18.4. The molecular weight excluding hydrogens is 439 g/mol. The Morgan fingerprint density at radius 3 is 2.56 bits per heavy atom. The van der Waals surface area contributed by atoms with Crippen LogP contribution in [0.5, 0.6) is 0 Å². The number of carbonyl (C=O) groups is 3. The van der Waals surface area contributed by atoms with Gasteiger partial charge in [-0.2, -0.15) is 0 Å². The average molecular weight is 464 g/mol. The summed E-state index contributed by atoms with van der Waals surface area (Å²) in [6, 6.07) is 10.8. The van der Waals surface area contributed by atoms with Crippen molar-refractivity contribution in [2.75, 3.05) is 11.4 Å². The fourth-order valence-electron chi connectivity index (χ4n) is 4.11. The smallest absolute Gasteiger partial charge is 0.287 e. The van der Waals surface area contributed by atoms with Crippen LogP contribution in [0.2, 0.25) is 0 Å². The first-order valence-electron chi connectivity index (χ1n) is 11.1. The predicted octanol–water partition coefficient (Wildman–Crippen LogP) is 3.38. The molecule has 1 aromatic carbocycles. The maximum atomic E-state index is 14.9. The van der Waals surface area contributed by atoms with Crippen LogP contribution >= 0.6 is 0 Å². The quantitative estimate of drug-likeness (QED) is 0.532. The number of nitrogens with zero attached hydrogens (tertiary/aromatic N) is 2. The second-order valence-electron chi connectivity index (χ2n) is 8.05. The maximum absolute atomic E-state index is 14.9. The van der Waals surface area contributed by atoms with Crippen LogP contribution in [0.3, 0.4) is 0 Å². The van der Waals surface area contributed by atoms with Crippen molar-refractivity contribution in [3.05, 3.63) is 84.3 Å². The largest absolute Gasteiger partial charge is 0.459 e. The highest BCUT2D eigenvalue weighted by Gasteiger charge is 2.35. The van der Waals surface area contributed by atoms with Crippen molar-refractivity contribution in [3.63, 3.8) is 0 Å². The van der Waals surface area contributed by atoms with Crippen LogP contribution in [0.15, 0.2) is 71.6 Å². The van der Waals surface area contributed by atoms with Gasteiger partial charge in [0.2, 0.25) is 11.8 Å². The van der Waals surface area contributed by atoms with Crippen molar-refractivity contribution in [1.29, 1.82) is 0 Å². The molecule has 0 unspecified atom stereocenters. The molecular formula is C25H25FN4O4. The number of para-hydroxylation sites is 1. The summed E-state index contributed by atoms with van der Waals surface area (Å²) in [5, 5.41) is 5.48. The van der Waals surface area contributed by atoms with E-state index in [0.717, 1.165) is 30.6 Å². The van der Waals surface area contributed by atoms with Gasteiger partial charge in [0.15, 0.2) is 5.76 Å².